The fraction of sp³-hybridized carbons (Fsp3) is 0.125. The van der Waals surface area contributed by atoms with Crippen molar-refractivity contribution >= 4 is 56.8 Å². The van der Waals surface area contributed by atoms with Gasteiger partial charge in [0.1, 0.15) is 0 Å². The zero-order chi connectivity index (χ0) is 23.4. The van der Waals surface area contributed by atoms with Crippen molar-refractivity contribution in [3.63, 3.8) is 0 Å². The van der Waals surface area contributed by atoms with Gasteiger partial charge in [0.05, 0.1) is 16.8 Å². The molecule has 1 heterocycles. The number of thioether (sulfide) groups is 1. The minimum Gasteiger partial charge on any atom is -0.342 e. The highest BCUT2D eigenvalue weighted by Crippen LogP contribution is 2.32. The lowest BCUT2D eigenvalue weighted by molar-refractivity contribution is 0.0938. The van der Waals surface area contributed by atoms with Gasteiger partial charge in [-0.3, -0.25) is 9.36 Å². The number of nitrogens with one attached hydrogen (secondary N) is 1. The van der Waals surface area contributed by atoms with Crippen molar-refractivity contribution in [1.82, 2.24) is 20.1 Å². The third kappa shape index (κ3) is 5.79. The van der Waals surface area contributed by atoms with Gasteiger partial charge in [0.25, 0.3) is 5.91 Å². The Morgan fingerprint density at radius 2 is 1.85 bits per heavy atom. The van der Waals surface area contributed by atoms with Gasteiger partial charge in [-0.1, -0.05) is 87.3 Å². The van der Waals surface area contributed by atoms with E-state index in [1.165, 1.54) is 0 Å². The third-order valence-corrected chi connectivity index (χ3v) is 6.87. The second kappa shape index (κ2) is 10.7. The van der Waals surface area contributed by atoms with E-state index in [2.05, 4.69) is 43.6 Å². The van der Waals surface area contributed by atoms with E-state index in [1.807, 2.05) is 47.9 Å². The molecule has 0 saturated heterocycles. The maximum absolute atomic E-state index is 12.8. The van der Waals surface area contributed by atoms with Crippen LogP contribution in [-0.2, 0) is 5.75 Å². The number of hydrogen-bond donors (Lipinski definition) is 1. The van der Waals surface area contributed by atoms with Gasteiger partial charge in [0.2, 0.25) is 0 Å². The van der Waals surface area contributed by atoms with Crippen LogP contribution in [0.2, 0.25) is 10.0 Å². The highest BCUT2D eigenvalue weighted by Gasteiger charge is 2.23. The van der Waals surface area contributed by atoms with Gasteiger partial charge < -0.3 is 5.32 Å². The van der Waals surface area contributed by atoms with Crippen LogP contribution in [0.5, 0.6) is 0 Å². The Balaban J connectivity index is 1.66. The standard InChI is InChI=1S/C24H19BrCl2N4OS/c1-15(28-23(32)17-8-5-9-18(25)12-17)22-29-30-24(33-14-16-6-3-2-4-7-16)31(22)21-11-10-19(26)13-20(21)27/h2-13,15H,14H2,1H3,(H,28,32). The number of nitrogens with zero attached hydrogens (tertiary/aromatic N) is 3. The zero-order valence-electron chi connectivity index (χ0n) is 17.5. The third-order valence-electron chi connectivity index (χ3n) is 4.84. The molecule has 0 aliphatic carbocycles. The van der Waals surface area contributed by atoms with E-state index in [4.69, 9.17) is 23.2 Å². The van der Waals surface area contributed by atoms with E-state index < -0.39 is 6.04 Å². The number of carbonyl (C=O) groups is 1. The number of rotatable bonds is 7. The molecule has 1 aromatic heterocycles. The summed E-state index contributed by atoms with van der Waals surface area (Å²) in [4.78, 5) is 12.8. The molecule has 4 aromatic rings. The summed E-state index contributed by atoms with van der Waals surface area (Å²) in [5.41, 5.74) is 2.41. The average molecular weight is 562 g/mol. The topological polar surface area (TPSA) is 59.8 Å². The summed E-state index contributed by atoms with van der Waals surface area (Å²) in [6, 6.07) is 22.2. The molecular weight excluding hydrogens is 543 g/mol. The van der Waals surface area contributed by atoms with Crippen LogP contribution in [0.1, 0.15) is 34.7 Å². The van der Waals surface area contributed by atoms with Gasteiger partial charge in [-0.2, -0.15) is 0 Å². The van der Waals surface area contributed by atoms with Crippen molar-refractivity contribution in [1.29, 1.82) is 0 Å². The molecule has 0 spiro atoms. The normalized spacial score (nSPS) is 11.9. The number of aromatic nitrogens is 3. The van der Waals surface area contributed by atoms with Crippen LogP contribution in [0.25, 0.3) is 5.69 Å². The van der Waals surface area contributed by atoms with Crippen molar-refractivity contribution in [2.45, 2.75) is 23.9 Å². The molecule has 168 valence electrons. The Morgan fingerprint density at radius 1 is 1.06 bits per heavy atom. The van der Waals surface area contributed by atoms with Crippen molar-refractivity contribution in [2.24, 2.45) is 0 Å². The van der Waals surface area contributed by atoms with Crippen LogP contribution in [0, 0.1) is 0 Å². The first-order valence-electron chi connectivity index (χ1n) is 10.1. The van der Waals surface area contributed by atoms with Crippen LogP contribution in [-0.4, -0.2) is 20.7 Å². The van der Waals surface area contributed by atoms with Gasteiger partial charge in [-0.15, -0.1) is 10.2 Å². The first-order chi connectivity index (χ1) is 15.9. The highest BCUT2D eigenvalue weighted by atomic mass is 79.9. The summed E-state index contributed by atoms with van der Waals surface area (Å²) in [5, 5.41) is 13.5. The minimum absolute atomic E-state index is 0.209. The molecule has 0 aliphatic heterocycles. The molecule has 0 aliphatic rings. The predicted octanol–water partition coefficient (Wildman–Crippen LogP) is 7.12. The first kappa shape index (κ1) is 23.8. The Kier molecular flexibility index (Phi) is 7.75. The predicted molar refractivity (Wildman–Crippen MR) is 137 cm³/mol. The van der Waals surface area contributed by atoms with E-state index in [-0.39, 0.29) is 5.91 Å². The molecule has 33 heavy (non-hydrogen) atoms. The average Bonchev–Trinajstić information content (AvgIpc) is 3.22. The van der Waals surface area contributed by atoms with Crippen LogP contribution in [0.3, 0.4) is 0 Å². The smallest absolute Gasteiger partial charge is 0.251 e. The van der Waals surface area contributed by atoms with E-state index in [1.54, 1.807) is 36.0 Å². The van der Waals surface area contributed by atoms with Crippen molar-refractivity contribution in [3.8, 4) is 5.69 Å². The quantitative estimate of drug-likeness (QED) is 0.244. The fourth-order valence-electron chi connectivity index (χ4n) is 3.24. The number of benzene rings is 3. The molecule has 0 fully saturated rings. The molecule has 1 unspecified atom stereocenters. The first-order valence-corrected chi connectivity index (χ1v) is 12.6. The number of hydrogen-bond acceptors (Lipinski definition) is 4. The van der Waals surface area contributed by atoms with Crippen LogP contribution in [0.15, 0.2) is 82.4 Å². The largest absolute Gasteiger partial charge is 0.342 e. The lowest BCUT2D eigenvalue weighted by atomic mass is 10.2. The number of halogens is 3. The maximum atomic E-state index is 12.8. The van der Waals surface area contributed by atoms with Gasteiger partial charge in [0, 0.05) is 20.8 Å². The molecule has 9 heteroatoms. The fourth-order valence-corrected chi connectivity index (χ4v) is 5.04. The number of amides is 1. The van der Waals surface area contributed by atoms with Crippen LogP contribution >= 0.6 is 50.9 Å². The Hall–Kier alpha value is -2.32. The summed E-state index contributed by atoms with van der Waals surface area (Å²) in [7, 11) is 0. The molecule has 1 N–H and O–H groups in total. The van der Waals surface area contributed by atoms with E-state index in [0.29, 0.717) is 38.0 Å². The SMILES string of the molecule is CC(NC(=O)c1cccc(Br)c1)c1nnc(SCc2ccccc2)n1-c1ccc(Cl)cc1Cl. The van der Waals surface area contributed by atoms with Crippen LogP contribution in [0.4, 0.5) is 0 Å². The highest BCUT2D eigenvalue weighted by molar-refractivity contribution is 9.10. The molecule has 0 radical (unpaired) electrons. The van der Waals surface area contributed by atoms with E-state index in [9.17, 15) is 4.79 Å². The second-order valence-electron chi connectivity index (χ2n) is 7.25. The molecule has 0 saturated carbocycles. The van der Waals surface area contributed by atoms with Crippen molar-refractivity contribution < 1.29 is 4.79 Å². The number of carbonyl (C=O) groups excluding carboxylic acids is 1. The second-order valence-corrected chi connectivity index (χ2v) is 9.95. The summed E-state index contributed by atoms with van der Waals surface area (Å²) in [6.45, 7) is 1.87. The summed E-state index contributed by atoms with van der Waals surface area (Å²) in [6.07, 6.45) is 0. The molecular formula is C24H19BrCl2N4OS. The van der Waals surface area contributed by atoms with E-state index in [0.717, 1.165) is 10.0 Å². The maximum Gasteiger partial charge on any atom is 0.251 e. The van der Waals surface area contributed by atoms with Gasteiger partial charge in [0.15, 0.2) is 11.0 Å². The van der Waals surface area contributed by atoms with Gasteiger partial charge in [-0.25, -0.2) is 0 Å². The summed E-state index contributed by atoms with van der Waals surface area (Å²) >= 11 is 17.6. The van der Waals surface area contributed by atoms with Gasteiger partial charge in [-0.05, 0) is 48.9 Å². The molecule has 1 amide bonds. The van der Waals surface area contributed by atoms with Crippen molar-refractivity contribution in [3.05, 3.63) is 104 Å². The lowest BCUT2D eigenvalue weighted by Crippen LogP contribution is -2.28. The Morgan fingerprint density at radius 3 is 2.58 bits per heavy atom. The monoisotopic (exact) mass is 560 g/mol. The zero-order valence-corrected chi connectivity index (χ0v) is 21.4. The lowest BCUT2D eigenvalue weighted by Gasteiger charge is -2.17. The summed E-state index contributed by atoms with van der Waals surface area (Å²) in [5.74, 6) is 1.07. The molecule has 0 bridgehead atoms. The molecule has 1 atom stereocenters. The van der Waals surface area contributed by atoms with Crippen molar-refractivity contribution in [2.75, 3.05) is 0 Å². The Bertz CT molecular complexity index is 1280. The van der Waals surface area contributed by atoms with Gasteiger partial charge >= 0.3 is 0 Å². The minimum atomic E-state index is -0.429. The molecule has 5 nitrogen and oxygen atoms in total. The summed E-state index contributed by atoms with van der Waals surface area (Å²) < 4.78 is 2.71. The Labute approximate surface area is 214 Å². The molecule has 3 aromatic carbocycles. The van der Waals surface area contributed by atoms with Crippen LogP contribution < -0.4 is 5.32 Å². The molecule has 4 rings (SSSR count). The van der Waals surface area contributed by atoms with E-state index >= 15 is 0 Å².